The van der Waals surface area contributed by atoms with E-state index in [0.29, 0.717) is 17.4 Å². The zero-order valence-corrected chi connectivity index (χ0v) is 61.0. The molecule has 2 unspecified atom stereocenters. The van der Waals surface area contributed by atoms with E-state index in [2.05, 4.69) is 74.6 Å². The highest BCUT2D eigenvalue weighted by Gasteiger charge is 2.25. The summed E-state index contributed by atoms with van der Waals surface area (Å²) in [5.41, 5.74) is 0. The monoisotopic (exact) mass is 1280 g/mol. The summed E-state index contributed by atoms with van der Waals surface area (Å²) in [6.45, 7) is 4.91. The highest BCUT2D eigenvalue weighted by atomic mass is 16.7. The van der Waals surface area contributed by atoms with Gasteiger partial charge in [0.2, 0.25) is 0 Å². The average molecular weight is 1280 g/mol. The first-order valence-electron chi connectivity index (χ1n) is 39.5. The van der Waals surface area contributed by atoms with Crippen LogP contribution in [0.15, 0.2) is 60.8 Å². The van der Waals surface area contributed by atoms with Crippen LogP contribution < -0.4 is 0 Å². The zero-order valence-electron chi connectivity index (χ0n) is 61.0. The number of unbranched alkanes of at least 4 members (excludes halogenated alkanes) is 49. The largest absolute Gasteiger partial charge is 0.477 e. The van der Waals surface area contributed by atoms with Crippen molar-refractivity contribution in [3.05, 3.63) is 60.8 Å². The molecule has 0 aromatic carbocycles. The van der Waals surface area contributed by atoms with Crippen LogP contribution >= 0.6 is 0 Å². The number of hydrogen-bond acceptors (Lipinski definition) is 7. The molecule has 2 atom stereocenters. The van der Waals surface area contributed by atoms with Crippen molar-refractivity contribution in [2.45, 2.75) is 399 Å². The lowest BCUT2D eigenvalue weighted by Crippen LogP contribution is -2.40. The number of carbonyl (C=O) groups excluding carboxylic acids is 2. The fourth-order valence-electron chi connectivity index (χ4n) is 11.7. The predicted molar refractivity (Wildman–Crippen MR) is 392 cm³/mol. The number of likely N-dealkylation sites (N-methyl/N-ethyl adjacent to an activating group) is 1. The van der Waals surface area contributed by atoms with Crippen LogP contribution in [0.2, 0.25) is 0 Å². The number of nitrogens with zero attached hydrogens (tertiary/aromatic N) is 1. The minimum Gasteiger partial charge on any atom is -0.477 e. The maximum absolute atomic E-state index is 13.0. The molecule has 1 N–H and O–H groups in total. The molecular formula is C82H152NO8+. The van der Waals surface area contributed by atoms with Gasteiger partial charge in [-0.3, -0.25) is 9.59 Å². The molecule has 91 heavy (non-hydrogen) atoms. The first-order chi connectivity index (χ1) is 44.6. The number of carbonyl (C=O) groups is 3. The van der Waals surface area contributed by atoms with Crippen LogP contribution in [-0.2, 0) is 33.3 Å². The minimum atomic E-state index is -1.51. The third-order valence-corrected chi connectivity index (χ3v) is 17.7. The first kappa shape index (κ1) is 88.0. The van der Waals surface area contributed by atoms with Crippen molar-refractivity contribution >= 4 is 17.9 Å². The number of rotatable bonds is 74. The molecule has 0 rings (SSSR count). The van der Waals surface area contributed by atoms with Crippen molar-refractivity contribution in [1.82, 2.24) is 0 Å². The fraction of sp³-hybridized carbons (Fsp3) is 0.841. The molecule has 532 valence electrons. The van der Waals surface area contributed by atoms with E-state index in [0.717, 1.165) is 57.8 Å². The van der Waals surface area contributed by atoms with Gasteiger partial charge in [0.25, 0.3) is 6.29 Å². The normalized spacial score (nSPS) is 12.9. The number of quaternary nitrogens is 1. The molecule has 9 nitrogen and oxygen atoms in total. The maximum atomic E-state index is 13.0. The van der Waals surface area contributed by atoms with Crippen LogP contribution in [0.1, 0.15) is 386 Å². The van der Waals surface area contributed by atoms with Crippen molar-refractivity contribution in [2.75, 3.05) is 47.5 Å². The Bertz CT molecular complexity index is 1680. The highest BCUT2D eigenvalue weighted by Crippen LogP contribution is 2.19. The van der Waals surface area contributed by atoms with Gasteiger partial charge in [-0.05, 0) is 83.5 Å². The summed E-state index contributed by atoms with van der Waals surface area (Å²) in [6, 6.07) is 0. The second kappa shape index (κ2) is 72.8. The second-order valence-electron chi connectivity index (χ2n) is 28.0. The molecule has 0 aromatic rings. The third kappa shape index (κ3) is 74.3. The molecule has 0 radical (unpaired) electrons. The Morgan fingerprint density at radius 1 is 0.330 bits per heavy atom. The molecule has 0 aliphatic heterocycles. The van der Waals surface area contributed by atoms with Crippen molar-refractivity contribution < 1.29 is 42.9 Å². The molecule has 0 aliphatic carbocycles. The molecule has 0 aromatic heterocycles. The Hall–Kier alpha value is -3.01. The molecule has 0 spiro atoms. The molecule has 0 heterocycles. The molecular weight excluding hydrogens is 1130 g/mol. The quantitative estimate of drug-likeness (QED) is 0.0211. The standard InChI is InChI=1S/C82H151NO8/c1-6-8-10-12-14-16-18-20-22-24-26-28-30-32-34-35-36-37-38-39-40-41-42-43-44-45-47-48-50-52-54-56-58-60-62-64-66-68-70-72-79(84)89-76-78(77-90-82(81(86)87)88-75-74-83(3,4)5)91-80(85)73-71-69-67-65-63-61-59-57-55-53-51-49-46-33-31-29-27-25-23-21-19-17-15-13-11-9-7-2/h18-21,24-27,31,33,78,82H,6-17,22-23,28-30,32,34-77H2,1-5H3/p+1/b20-18-,21-19-,26-24-,27-25-,33-31-. The van der Waals surface area contributed by atoms with Crippen molar-refractivity contribution in [1.29, 1.82) is 0 Å². The topological polar surface area (TPSA) is 108 Å². The van der Waals surface area contributed by atoms with E-state index in [1.807, 2.05) is 21.1 Å². The Kier molecular flexibility index (Phi) is 70.4. The van der Waals surface area contributed by atoms with Crippen LogP contribution in [-0.4, -0.2) is 87.4 Å². The fourth-order valence-corrected chi connectivity index (χ4v) is 11.7. The molecule has 0 fully saturated rings. The number of esters is 2. The van der Waals surface area contributed by atoms with Crippen molar-refractivity contribution in [3.8, 4) is 0 Å². The summed E-state index contributed by atoms with van der Waals surface area (Å²) < 4.78 is 23.0. The van der Waals surface area contributed by atoms with Crippen LogP contribution in [0, 0.1) is 0 Å². The molecule has 0 aliphatic rings. The SMILES string of the molecule is CCCCCCC/C=C\C/C=C\C/C=C\CCCCCCCCCCCCCCC(=O)OC(COC(=O)CCCCCCCCCCCCCCCCCCCCCCCCCCCCC/C=C\C/C=C\CCCCCCC)COC(OCC[N+](C)(C)C)C(=O)O. The summed E-state index contributed by atoms with van der Waals surface area (Å²) in [6.07, 6.45) is 93.7. The Morgan fingerprint density at radius 3 is 0.879 bits per heavy atom. The van der Waals surface area contributed by atoms with Crippen molar-refractivity contribution in [3.63, 3.8) is 0 Å². The lowest BCUT2D eigenvalue weighted by atomic mass is 10.0. The van der Waals surface area contributed by atoms with Gasteiger partial charge in [0, 0.05) is 12.8 Å². The number of hydrogen-bond donors (Lipinski definition) is 1. The molecule has 0 saturated heterocycles. The molecule has 0 saturated carbocycles. The van der Waals surface area contributed by atoms with E-state index >= 15 is 0 Å². The lowest BCUT2D eigenvalue weighted by molar-refractivity contribution is -0.870. The summed E-state index contributed by atoms with van der Waals surface area (Å²) in [5, 5.41) is 9.76. The first-order valence-corrected chi connectivity index (χ1v) is 39.5. The highest BCUT2D eigenvalue weighted by molar-refractivity contribution is 5.71. The number of carboxylic acids is 1. The summed E-state index contributed by atoms with van der Waals surface area (Å²) in [7, 11) is 5.99. The van der Waals surface area contributed by atoms with E-state index in [1.54, 1.807) is 0 Å². The Morgan fingerprint density at radius 2 is 0.593 bits per heavy atom. The van der Waals surface area contributed by atoms with Crippen LogP contribution in [0.4, 0.5) is 0 Å². The lowest BCUT2D eigenvalue weighted by Gasteiger charge is -2.25. The summed E-state index contributed by atoms with van der Waals surface area (Å²) >= 11 is 0. The predicted octanol–water partition coefficient (Wildman–Crippen LogP) is 25.0. The van der Waals surface area contributed by atoms with Crippen LogP contribution in [0.5, 0.6) is 0 Å². The van der Waals surface area contributed by atoms with Gasteiger partial charge in [-0.15, -0.1) is 0 Å². The molecule has 0 bridgehead atoms. The average Bonchev–Trinajstić information content (AvgIpc) is 3.46. The second-order valence-corrected chi connectivity index (χ2v) is 28.0. The maximum Gasteiger partial charge on any atom is 0.361 e. The van der Waals surface area contributed by atoms with E-state index in [4.69, 9.17) is 18.9 Å². The minimum absolute atomic E-state index is 0.179. The van der Waals surface area contributed by atoms with Gasteiger partial charge in [0.1, 0.15) is 13.2 Å². The number of aliphatic carboxylic acids is 1. The van der Waals surface area contributed by atoms with Gasteiger partial charge >= 0.3 is 17.9 Å². The number of allylic oxidation sites excluding steroid dienone is 10. The van der Waals surface area contributed by atoms with Gasteiger partial charge in [-0.1, -0.05) is 351 Å². The van der Waals surface area contributed by atoms with E-state index in [9.17, 15) is 19.5 Å². The summed E-state index contributed by atoms with van der Waals surface area (Å²) in [5.74, 6) is -1.98. The van der Waals surface area contributed by atoms with E-state index < -0.39 is 24.3 Å². The molecule has 0 amide bonds. The smallest absolute Gasteiger partial charge is 0.361 e. The third-order valence-electron chi connectivity index (χ3n) is 17.7. The van der Waals surface area contributed by atoms with E-state index in [-0.39, 0.29) is 32.2 Å². The van der Waals surface area contributed by atoms with Gasteiger partial charge in [0.15, 0.2) is 6.10 Å². The van der Waals surface area contributed by atoms with Crippen molar-refractivity contribution in [2.24, 2.45) is 0 Å². The van der Waals surface area contributed by atoms with Gasteiger partial charge < -0.3 is 28.5 Å². The van der Waals surface area contributed by atoms with Crippen LogP contribution in [0.3, 0.4) is 0 Å². The Balaban J connectivity index is 3.97. The van der Waals surface area contributed by atoms with Gasteiger partial charge in [-0.25, -0.2) is 4.79 Å². The van der Waals surface area contributed by atoms with Gasteiger partial charge in [-0.2, -0.15) is 0 Å². The van der Waals surface area contributed by atoms with E-state index in [1.165, 1.54) is 302 Å². The van der Waals surface area contributed by atoms with Crippen LogP contribution in [0.25, 0.3) is 0 Å². The zero-order chi connectivity index (χ0) is 66.1. The van der Waals surface area contributed by atoms with Gasteiger partial charge in [0.05, 0.1) is 34.4 Å². The number of ether oxygens (including phenoxy) is 4. The summed E-state index contributed by atoms with van der Waals surface area (Å²) in [4.78, 5) is 37.7. The Labute approximate surface area is 565 Å². The number of carboxylic acid groups (broad SMARTS) is 1. The molecule has 9 heteroatoms.